The van der Waals surface area contributed by atoms with Gasteiger partial charge in [-0.1, -0.05) is 12.8 Å². The molecule has 0 aromatic heterocycles. The second-order valence-corrected chi connectivity index (χ2v) is 5.65. The largest absolute Gasteiger partial charge is 0.352 e. The molecule has 106 valence electrons. The van der Waals surface area contributed by atoms with Crippen LogP contribution in [-0.4, -0.2) is 49.6 Å². The Morgan fingerprint density at radius 3 is 2.61 bits per heavy atom. The molecule has 18 heavy (non-hydrogen) atoms. The third-order valence-corrected chi connectivity index (χ3v) is 3.75. The van der Waals surface area contributed by atoms with Crippen LogP contribution in [0.15, 0.2) is 0 Å². The van der Waals surface area contributed by atoms with Crippen molar-refractivity contribution in [1.29, 1.82) is 0 Å². The zero-order chi connectivity index (χ0) is 13.4. The number of nitrogens with one attached hydrogen (secondary N) is 2. The number of amides is 1. The molecule has 1 fully saturated rings. The summed E-state index contributed by atoms with van der Waals surface area (Å²) in [5.74, 6) is 0.152. The highest BCUT2D eigenvalue weighted by Crippen LogP contribution is 2.17. The Hall–Kier alpha value is -0.610. The third kappa shape index (κ3) is 6.36. The minimum atomic E-state index is 0.152. The molecule has 1 saturated carbocycles. The smallest absolute Gasteiger partial charge is 0.234 e. The van der Waals surface area contributed by atoms with Crippen LogP contribution < -0.4 is 10.6 Å². The summed E-state index contributed by atoms with van der Waals surface area (Å²) in [6.07, 6.45) is 5.93. The molecule has 0 bridgehead atoms. The van der Waals surface area contributed by atoms with Crippen molar-refractivity contribution in [3.8, 4) is 0 Å². The van der Waals surface area contributed by atoms with Gasteiger partial charge in [0.25, 0.3) is 0 Å². The molecule has 0 radical (unpaired) electrons. The van der Waals surface area contributed by atoms with E-state index in [1.165, 1.54) is 12.8 Å². The zero-order valence-electron chi connectivity index (χ0n) is 12.2. The summed E-state index contributed by atoms with van der Waals surface area (Å²) >= 11 is 0. The van der Waals surface area contributed by atoms with E-state index in [0.29, 0.717) is 18.6 Å². The van der Waals surface area contributed by atoms with Crippen LogP contribution in [0.25, 0.3) is 0 Å². The van der Waals surface area contributed by atoms with E-state index in [4.69, 9.17) is 0 Å². The fourth-order valence-electron chi connectivity index (χ4n) is 2.26. The van der Waals surface area contributed by atoms with Crippen molar-refractivity contribution in [1.82, 2.24) is 15.5 Å². The van der Waals surface area contributed by atoms with Crippen molar-refractivity contribution in [2.45, 2.75) is 58.0 Å². The average molecular weight is 255 g/mol. The lowest BCUT2D eigenvalue weighted by Gasteiger charge is -2.20. The summed E-state index contributed by atoms with van der Waals surface area (Å²) in [5, 5.41) is 6.30. The first-order valence-corrected chi connectivity index (χ1v) is 7.30. The van der Waals surface area contributed by atoms with E-state index < -0.39 is 0 Å². The van der Waals surface area contributed by atoms with Gasteiger partial charge in [0.1, 0.15) is 0 Å². The first kappa shape index (κ1) is 15.4. The van der Waals surface area contributed by atoms with Gasteiger partial charge in [-0.05, 0) is 53.2 Å². The maximum atomic E-state index is 11.6. The van der Waals surface area contributed by atoms with E-state index in [0.717, 1.165) is 32.4 Å². The van der Waals surface area contributed by atoms with Crippen LogP contribution in [0.4, 0.5) is 0 Å². The molecular formula is C14H29N3O. The minimum Gasteiger partial charge on any atom is -0.352 e. The van der Waals surface area contributed by atoms with Gasteiger partial charge in [-0.25, -0.2) is 0 Å². The van der Waals surface area contributed by atoms with Crippen LogP contribution in [0.3, 0.4) is 0 Å². The summed E-state index contributed by atoms with van der Waals surface area (Å²) in [7, 11) is 2.14. The number of hydrogen-bond donors (Lipinski definition) is 2. The van der Waals surface area contributed by atoms with E-state index in [-0.39, 0.29) is 5.91 Å². The molecule has 1 aliphatic carbocycles. The van der Waals surface area contributed by atoms with Crippen molar-refractivity contribution in [3.05, 3.63) is 0 Å². The van der Waals surface area contributed by atoms with E-state index in [1.807, 2.05) is 0 Å². The molecule has 4 nitrogen and oxygen atoms in total. The van der Waals surface area contributed by atoms with Gasteiger partial charge >= 0.3 is 0 Å². The van der Waals surface area contributed by atoms with Gasteiger partial charge in [0.15, 0.2) is 0 Å². The molecule has 0 unspecified atom stereocenters. The molecule has 1 aliphatic rings. The summed E-state index contributed by atoms with van der Waals surface area (Å²) < 4.78 is 0. The van der Waals surface area contributed by atoms with Crippen LogP contribution in [0.5, 0.6) is 0 Å². The van der Waals surface area contributed by atoms with Crippen LogP contribution >= 0.6 is 0 Å². The fourth-order valence-corrected chi connectivity index (χ4v) is 2.26. The van der Waals surface area contributed by atoms with Gasteiger partial charge in [0.05, 0.1) is 6.54 Å². The lowest BCUT2D eigenvalue weighted by Crippen LogP contribution is -2.39. The normalized spacial score (nSPS) is 16.7. The molecule has 2 N–H and O–H groups in total. The Morgan fingerprint density at radius 2 is 2.00 bits per heavy atom. The van der Waals surface area contributed by atoms with E-state index >= 15 is 0 Å². The number of nitrogens with zero attached hydrogens (tertiary/aromatic N) is 1. The molecule has 0 saturated heterocycles. The molecule has 0 spiro atoms. The quantitative estimate of drug-likeness (QED) is 0.644. The first-order chi connectivity index (χ1) is 8.59. The topological polar surface area (TPSA) is 44.4 Å². The number of carbonyl (C=O) groups is 1. The summed E-state index contributed by atoms with van der Waals surface area (Å²) in [5.41, 5.74) is 0. The van der Waals surface area contributed by atoms with E-state index in [2.05, 4.69) is 36.4 Å². The highest BCUT2D eigenvalue weighted by Gasteiger charge is 2.16. The zero-order valence-corrected chi connectivity index (χ0v) is 12.2. The lowest BCUT2D eigenvalue weighted by molar-refractivity contribution is -0.120. The molecule has 0 heterocycles. The Morgan fingerprint density at radius 1 is 1.33 bits per heavy atom. The summed E-state index contributed by atoms with van der Waals surface area (Å²) in [4.78, 5) is 13.9. The summed E-state index contributed by atoms with van der Waals surface area (Å²) in [6, 6.07) is 1.03. The Balaban J connectivity index is 1.95. The molecular weight excluding hydrogens is 226 g/mol. The highest BCUT2D eigenvalue weighted by molar-refractivity contribution is 5.78. The van der Waals surface area contributed by atoms with Crippen molar-refractivity contribution in [3.63, 3.8) is 0 Å². The lowest BCUT2D eigenvalue weighted by atomic mass is 10.2. The molecule has 0 atom stereocenters. The number of hydrogen-bond acceptors (Lipinski definition) is 3. The molecule has 1 amide bonds. The third-order valence-electron chi connectivity index (χ3n) is 3.75. The van der Waals surface area contributed by atoms with E-state index in [1.54, 1.807) is 0 Å². The van der Waals surface area contributed by atoms with Gasteiger partial charge in [0, 0.05) is 12.1 Å². The Bertz CT molecular complexity index is 237. The standard InChI is InChI=1S/C14H29N3O/c1-12(2)17(3)10-6-9-15-11-14(18)16-13-7-4-5-8-13/h12-13,15H,4-11H2,1-3H3,(H,16,18). The van der Waals surface area contributed by atoms with Crippen LogP contribution in [0, 0.1) is 0 Å². The maximum absolute atomic E-state index is 11.6. The fraction of sp³-hybridized carbons (Fsp3) is 0.929. The van der Waals surface area contributed by atoms with Crippen molar-refractivity contribution in [2.24, 2.45) is 0 Å². The summed E-state index contributed by atoms with van der Waals surface area (Å²) in [6.45, 7) is 6.84. The second kappa shape index (κ2) is 8.48. The highest BCUT2D eigenvalue weighted by atomic mass is 16.1. The first-order valence-electron chi connectivity index (χ1n) is 7.30. The Kier molecular flexibility index (Phi) is 7.28. The van der Waals surface area contributed by atoms with Crippen LogP contribution in [-0.2, 0) is 4.79 Å². The van der Waals surface area contributed by atoms with Gasteiger partial charge in [-0.2, -0.15) is 0 Å². The monoisotopic (exact) mass is 255 g/mol. The van der Waals surface area contributed by atoms with Crippen molar-refractivity contribution >= 4 is 5.91 Å². The Labute approximate surface area is 111 Å². The molecule has 4 heteroatoms. The van der Waals surface area contributed by atoms with Crippen LogP contribution in [0.2, 0.25) is 0 Å². The second-order valence-electron chi connectivity index (χ2n) is 5.65. The van der Waals surface area contributed by atoms with Crippen molar-refractivity contribution in [2.75, 3.05) is 26.7 Å². The van der Waals surface area contributed by atoms with Gasteiger partial charge in [0.2, 0.25) is 5.91 Å². The number of carbonyl (C=O) groups excluding carboxylic acids is 1. The maximum Gasteiger partial charge on any atom is 0.234 e. The number of rotatable bonds is 8. The SMILES string of the molecule is CC(C)N(C)CCCNCC(=O)NC1CCCC1. The predicted molar refractivity (Wildman–Crippen MR) is 75.7 cm³/mol. The predicted octanol–water partition coefficient (Wildman–Crippen LogP) is 1.37. The molecule has 0 aromatic rings. The van der Waals surface area contributed by atoms with Gasteiger partial charge in [-0.3, -0.25) is 4.79 Å². The molecule has 0 aromatic carbocycles. The van der Waals surface area contributed by atoms with Gasteiger partial charge < -0.3 is 15.5 Å². The van der Waals surface area contributed by atoms with E-state index in [9.17, 15) is 4.79 Å². The molecule has 1 rings (SSSR count). The van der Waals surface area contributed by atoms with Crippen molar-refractivity contribution < 1.29 is 4.79 Å². The average Bonchev–Trinajstić information content (AvgIpc) is 2.80. The minimum absolute atomic E-state index is 0.152. The van der Waals surface area contributed by atoms with Gasteiger partial charge in [-0.15, -0.1) is 0 Å². The molecule has 0 aliphatic heterocycles. The van der Waals surface area contributed by atoms with Crippen LogP contribution in [0.1, 0.15) is 46.0 Å².